The van der Waals surface area contributed by atoms with Crippen LogP contribution in [0.2, 0.25) is 0 Å². The van der Waals surface area contributed by atoms with Gasteiger partial charge in [0.05, 0.1) is 39.4 Å². The van der Waals surface area contributed by atoms with E-state index in [0.717, 1.165) is 23.8 Å². The van der Waals surface area contributed by atoms with Crippen LogP contribution < -0.4 is 16.0 Å². The maximum absolute atomic E-state index is 13.5. The van der Waals surface area contributed by atoms with Gasteiger partial charge in [-0.05, 0) is 48.5 Å². The topological polar surface area (TPSA) is 128 Å². The third-order valence-corrected chi connectivity index (χ3v) is 5.84. The lowest BCUT2D eigenvalue weighted by Crippen LogP contribution is -2.80. The van der Waals surface area contributed by atoms with Gasteiger partial charge in [-0.15, -0.1) is 0 Å². The lowest BCUT2D eigenvalue weighted by molar-refractivity contribution is -0.686. The highest BCUT2D eigenvalue weighted by Gasteiger charge is 2.31. The van der Waals surface area contributed by atoms with E-state index in [4.69, 9.17) is 0 Å². The summed E-state index contributed by atoms with van der Waals surface area (Å²) in [6.07, 6.45) is -1.25. The van der Waals surface area contributed by atoms with Crippen LogP contribution in [-0.4, -0.2) is 27.1 Å². The van der Waals surface area contributed by atoms with Gasteiger partial charge in [-0.3, -0.25) is 4.98 Å². The molecule has 0 unspecified atom stereocenters. The second-order valence-electron chi connectivity index (χ2n) is 8.60. The Hall–Kier alpha value is -4.90. The number of hydrogen-bond acceptors (Lipinski definition) is 5. The number of anilines is 4. The first-order valence-corrected chi connectivity index (χ1v) is 11.8. The number of para-hydroxylation sites is 1. The standard InChI is InChI=1S/C28H23F3N4O4/c29-28(30,31)19-8-10-24(34-22-6-2-1-5-20(22)26(36)37)25(13-19)35-23-9-7-17(12-21(23)27(38)39)14-33-16-18-4-3-11-32-15-18/h1-13,15,33-35H,14,16H2,(H,36,37)(H,38,39)/p+1. The summed E-state index contributed by atoms with van der Waals surface area (Å²) in [5, 5.41) is 26.9. The van der Waals surface area contributed by atoms with Crippen LogP contribution in [-0.2, 0) is 19.3 Å². The number of nitrogens with one attached hydrogen (secondary N) is 2. The molecule has 0 bridgehead atoms. The maximum atomic E-state index is 13.5. The van der Waals surface area contributed by atoms with Crippen molar-refractivity contribution >= 4 is 34.7 Å². The molecule has 1 aromatic heterocycles. The van der Waals surface area contributed by atoms with Gasteiger partial charge in [0.15, 0.2) is 0 Å². The summed E-state index contributed by atoms with van der Waals surface area (Å²) in [4.78, 5) is 27.7. The van der Waals surface area contributed by atoms with Crippen molar-refractivity contribution in [1.82, 2.24) is 4.98 Å². The van der Waals surface area contributed by atoms with E-state index in [1.807, 2.05) is 17.4 Å². The lowest BCUT2D eigenvalue weighted by atomic mass is 10.1. The number of benzene rings is 3. The molecule has 0 spiro atoms. The quantitative estimate of drug-likeness (QED) is 0.187. The summed E-state index contributed by atoms with van der Waals surface area (Å²) >= 11 is 0. The number of aromatic nitrogens is 1. The zero-order valence-corrected chi connectivity index (χ0v) is 20.4. The van der Waals surface area contributed by atoms with Gasteiger partial charge in [-0.2, -0.15) is 13.2 Å². The second-order valence-corrected chi connectivity index (χ2v) is 8.60. The van der Waals surface area contributed by atoms with Crippen LogP contribution in [0, 0.1) is 0 Å². The SMILES string of the molecule is O=C(O)c1ccccc1Nc1ccc(C(F)(F)F)cc1Nc1ccc(C[NH2+]Cc2cccnc2)cc1C(=O)O. The maximum Gasteiger partial charge on any atom is 0.416 e. The number of rotatable bonds is 10. The molecular formula is C28H24F3N4O4+. The van der Waals surface area contributed by atoms with Crippen molar-refractivity contribution in [2.75, 3.05) is 10.6 Å². The van der Waals surface area contributed by atoms with Gasteiger partial charge in [0, 0.05) is 23.5 Å². The van der Waals surface area contributed by atoms with E-state index in [1.165, 1.54) is 30.3 Å². The highest BCUT2D eigenvalue weighted by atomic mass is 19.4. The van der Waals surface area contributed by atoms with Gasteiger partial charge in [0.2, 0.25) is 0 Å². The first-order chi connectivity index (χ1) is 18.6. The third-order valence-electron chi connectivity index (χ3n) is 5.84. The average molecular weight is 538 g/mol. The summed E-state index contributed by atoms with van der Waals surface area (Å²) in [5.74, 6) is -2.48. The van der Waals surface area contributed by atoms with Crippen molar-refractivity contribution < 1.29 is 38.3 Å². The highest BCUT2D eigenvalue weighted by molar-refractivity contribution is 5.98. The number of alkyl halides is 3. The Bertz CT molecular complexity index is 1490. The minimum Gasteiger partial charge on any atom is -0.478 e. The number of aromatic carboxylic acids is 2. The van der Waals surface area contributed by atoms with Crippen molar-refractivity contribution in [2.45, 2.75) is 19.3 Å². The molecule has 39 heavy (non-hydrogen) atoms. The fourth-order valence-electron chi connectivity index (χ4n) is 3.93. The van der Waals surface area contributed by atoms with E-state index in [-0.39, 0.29) is 33.9 Å². The molecule has 4 aromatic rings. The fourth-order valence-corrected chi connectivity index (χ4v) is 3.93. The molecule has 1 heterocycles. The molecule has 0 saturated heterocycles. The molecule has 0 amide bonds. The Morgan fingerprint density at radius 1 is 0.744 bits per heavy atom. The van der Waals surface area contributed by atoms with Gasteiger partial charge in [-0.1, -0.05) is 24.3 Å². The number of hydrogen-bond donors (Lipinski definition) is 5. The summed E-state index contributed by atoms with van der Waals surface area (Å²) in [7, 11) is 0. The number of nitrogens with two attached hydrogens (primary N) is 1. The van der Waals surface area contributed by atoms with E-state index in [1.54, 1.807) is 24.5 Å². The summed E-state index contributed by atoms with van der Waals surface area (Å²) in [5.41, 5.74) is 0.824. The highest BCUT2D eigenvalue weighted by Crippen LogP contribution is 2.37. The molecule has 3 aromatic carbocycles. The normalized spacial score (nSPS) is 11.2. The van der Waals surface area contributed by atoms with Crippen LogP contribution in [0.3, 0.4) is 0 Å². The molecule has 0 saturated carbocycles. The molecule has 0 aliphatic rings. The number of carboxylic acid groups (broad SMARTS) is 2. The van der Waals surface area contributed by atoms with Crippen LogP contribution in [0.5, 0.6) is 0 Å². The van der Waals surface area contributed by atoms with Gasteiger partial charge < -0.3 is 26.2 Å². The second kappa shape index (κ2) is 11.7. The molecule has 8 nitrogen and oxygen atoms in total. The number of nitrogens with zero attached hydrogens (tertiary/aromatic N) is 1. The summed E-state index contributed by atoms with van der Waals surface area (Å²) in [6.45, 7) is 1.10. The largest absolute Gasteiger partial charge is 0.478 e. The molecule has 11 heteroatoms. The third kappa shape index (κ3) is 6.90. The number of pyridine rings is 1. The van der Waals surface area contributed by atoms with E-state index < -0.39 is 23.7 Å². The van der Waals surface area contributed by atoms with Gasteiger partial charge in [-0.25, -0.2) is 9.59 Å². The number of halogens is 3. The molecule has 200 valence electrons. The van der Waals surface area contributed by atoms with E-state index in [0.29, 0.717) is 18.7 Å². The molecule has 0 fully saturated rings. The molecule has 0 radical (unpaired) electrons. The van der Waals surface area contributed by atoms with Crippen molar-refractivity contribution in [3.63, 3.8) is 0 Å². The average Bonchev–Trinajstić information content (AvgIpc) is 2.90. The van der Waals surface area contributed by atoms with Gasteiger partial charge in [0.25, 0.3) is 0 Å². The Morgan fingerprint density at radius 3 is 2.10 bits per heavy atom. The van der Waals surface area contributed by atoms with Crippen LogP contribution in [0.4, 0.5) is 35.9 Å². The summed E-state index contributed by atoms with van der Waals surface area (Å²) in [6, 6.07) is 17.2. The predicted octanol–water partition coefficient (Wildman–Crippen LogP) is 5.25. The van der Waals surface area contributed by atoms with Crippen molar-refractivity contribution in [2.24, 2.45) is 0 Å². The van der Waals surface area contributed by atoms with Crippen LogP contribution in [0.15, 0.2) is 85.2 Å². The minimum absolute atomic E-state index is 0.0763. The number of quaternary nitrogens is 1. The number of carbonyl (C=O) groups is 2. The molecule has 0 aliphatic carbocycles. The predicted molar refractivity (Wildman–Crippen MR) is 138 cm³/mol. The van der Waals surface area contributed by atoms with Crippen LogP contribution >= 0.6 is 0 Å². The first kappa shape index (κ1) is 27.1. The number of carboxylic acids is 2. The molecule has 4 rings (SSSR count). The van der Waals surface area contributed by atoms with Gasteiger partial charge >= 0.3 is 18.1 Å². The smallest absolute Gasteiger partial charge is 0.416 e. The minimum atomic E-state index is -4.66. The zero-order valence-electron chi connectivity index (χ0n) is 20.4. The molecule has 0 atom stereocenters. The van der Waals surface area contributed by atoms with Crippen molar-refractivity contribution in [1.29, 1.82) is 0 Å². The van der Waals surface area contributed by atoms with Crippen LogP contribution in [0.1, 0.15) is 37.4 Å². The molecule has 0 aliphatic heterocycles. The monoisotopic (exact) mass is 537 g/mol. The van der Waals surface area contributed by atoms with Gasteiger partial charge in [0.1, 0.15) is 13.1 Å². The first-order valence-electron chi connectivity index (χ1n) is 11.8. The van der Waals surface area contributed by atoms with Crippen LogP contribution in [0.25, 0.3) is 0 Å². The zero-order chi connectivity index (χ0) is 28.0. The molecular weight excluding hydrogens is 513 g/mol. The fraction of sp³-hybridized carbons (Fsp3) is 0.107. The lowest BCUT2D eigenvalue weighted by Gasteiger charge is -2.19. The Balaban J connectivity index is 1.64. The van der Waals surface area contributed by atoms with Crippen molar-refractivity contribution in [3.8, 4) is 0 Å². The van der Waals surface area contributed by atoms with E-state index in [9.17, 15) is 33.0 Å². The van der Waals surface area contributed by atoms with E-state index >= 15 is 0 Å². The Morgan fingerprint density at radius 2 is 1.41 bits per heavy atom. The Labute approximate surface area is 221 Å². The van der Waals surface area contributed by atoms with E-state index in [2.05, 4.69) is 15.6 Å². The summed E-state index contributed by atoms with van der Waals surface area (Å²) < 4.78 is 40.5. The van der Waals surface area contributed by atoms with Crippen molar-refractivity contribution in [3.05, 3.63) is 113 Å². The molecule has 6 N–H and O–H groups in total. The Kier molecular flexibility index (Phi) is 8.11.